The molecule has 7 heteroatoms. The van der Waals surface area contributed by atoms with Crippen LogP contribution >= 0.6 is 0 Å². The number of aryl methyl sites for hydroxylation is 1. The van der Waals surface area contributed by atoms with Gasteiger partial charge in [0, 0.05) is 31.0 Å². The molecule has 1 aliphatic heterocycles. The third kappa shape index (κ3) is 2.38. The van der Waals surface area contributed by atoms with Crippen LogP contribution in [0.4, 0.5) is 0 Å². The predicted molar refractivity (Wildman–Crippen MR) is 74.3 cm³/mol. The second-order valence-corrected chi connectivity index (χ2v) is 5.22. The van der Waals surface area contributed by atoms with Gasteiger partial charge in [-0.25, -0.2) is 4.79 Å². The first-order valence-corrected chi connectivity index (χ1v) is 7.17. The Kier molecular flexibility index (Phi) is 3.70. The lowest BCUT2D eigenvalue weighted by molar-refractivity contribution is -0.143. The topological polar surface area (TPSA) is 96.8 Å². The van der Waals surface area contributed by atoms with E-state index in [-0.39, 0.29) is 12.2 Å². The molecule has 0 bridgehead atoms. The number of amides is 1. The van der Waals surface area contributed by atoms with Crippen molar-refractivity contribution >= 4 is 11.9 Å². The Morgan fingerprint density at radius 1 is 1.50 bits per heavy atom. The molecule has 116 valence electrons. The first-order chi connectivity index (χ1) is 10.6. The van der Waals surface area contributed by atoms with Crippen molar-refractivity contribution in [2.45, 2.75) is 32.2 Å². The van der Waals surface area contributed by atoms with Crippen LogP contribution in [0.1, 0.15) is 47.0 Å². The Hall–Kier alpha value is -2.57. The summed E-state index contributed by atoms with van der Waals surface area (Å²) in [6, 6.07) is 2.12. The second kappa shape index (κ2) is 5.67. The van der Waals surface area contributed by atoms with Gasteiger partial charge in [-0.1, -0.05) is 12.1 Å². The number of hydrogen-bond donors (Lipinski definition) is 1. The number of fused-ring (bicyclic) bond motifs is 1. The molecular weight excluding hydrogens is 288 g/mol. The molecule has 2 aromatic heterocycles. The summed E-state index contributed by atoms with van der Waals surface area (Å²) in [5.41, 5.74) is 0.658. The molecule has 0 fully saturated rings. The van der Waals surface area contributed by atoms with E-state index >= 15 is 0 Å². The van der Waals surface area contributed by atoms with E-state index in [1.165, 1.54) is 11.2 Å². The fraction of sp³-hybridized carbons (Fsp3) is 0.400. The van der Waals surface area contributed by atoms with Crippen LogP contribution in [0.5, 0.6) is 0 Å². The number of aliphatic carboxylic acids is 1. The van der Waals surface area contributed by atoms with Gasteiger partial charge < -0.3 is 18.9 Å². The minimum Gasteiger partial charge on any atom is -0.479 e. The Bertz CT molecular complexity index is 702. The average molecular weight is 304 g/mol. The molecule has 0 saturated carbocycles. The Morgan fingerprint density at radius 2 is 2.32 bits per heavy atom. The summed E-state index contributed by atoms with van der Waals surface area (Å²) >= 11 is 0. The molecule has 3 rings (SSSR count). The first-order valence-electron chi connectivity index (χ1n) is 7.17. The van der Waals surface area contributed by atoms with Gasteiger partial charge in [-0.2, -0.15) is 0 Å². The predicted octanol–water partition coefficient (Wildman–Crippen LogP) is 2.04. The van der Waals surface area contributed by atoms with Crippen LogP contribution in [0.2, 0.25) is 0 Å². The lowest BCUT2D eigenvalue weighted by Crippen LogP contribution is -2.43. The van der Waals surface area contributed by atoms with Crippen LogP contribution in [0.3, 0.4) is 0 Å². The van der Waals surface area contributed by atoms with E-state index in [1.54, 1.807) is 12.1 Å². The lowest BCUT2D eigenvalue weighted by Gasteiger charge is -2.31. The molecule has 0 saturated heterocycles. The molecule has 0 radical (unpaired) electrons. The van der Waals surface area contributed by atoms with E-state index in [9.17, 15) is 14.7 Å². The van der Waals surface area contributed by atoms with Gasteiger partial charge in [0.2, 0.25) is 0 Å². The molecule has 22 heavy (non-hydrogen) atoms. The normalized spacial score (nSPS) is 17.3. The van der Waals surface area contributed by atoms with Crippen LogP contribution in [0.25, 0.3) is 0 Å². The molecule has 0 aromatic carbocycles. The number of carboxylic acids is 1. The van der Waals surface area contributed by atoms with Crippen LogP contribution in [-0.4, -0.2) is 33.6 Å². The summed E-state index contributed by atoms with van der Waals surface area (Å²) in [5.74, 6) is -0.291. The standard InChI is InChI=1S/C15H16N2O5/c1-2-3-9-8-11(16-22-9)14(18)17-6-4-12-10(5-7-21-12)13(17)15(19)20/h5,7-8,13H,2-4,6H2,1H3,(H,19,20). The van der Waals surface area contributed by atoms with E-state index in [1.807, 2.05) is 6.92 Å². The Balaban J connectivity index is 1.89. The van der Waals surface area contributed by atoms with Crippen LogP contribution in [-0.2, 0) is 17.6 Å². The number of rotatable bonds is 4. The van der Waals surface area contributed by atoms with Gasteiger partial charge in [-0.3, -0.25) is 4.79 Å². The summed E-state index contributed by atoms with van der Waals surface area (Å²) in [6.45, 7) is 2.27. The molecule has 1 N–H and O–H groups in total. The molecule has 2 aromatic rings. The van der Waals surface area contributed by atoms with Gasteiger partial charge in [0.15, 0.2) is 11.7 Å². The smallest absolute Gasteiger partial charge is 0.331 e. The fourth-order valence-electron chi connectivity index (χ4n) is 2.73. The van der Waals surface area contributed by atoms with Gasteiger partial charge in [-0.15, -0.1) is 0 Å². The largest absolute Gasteiger partial charge is 0.479 e. The van der Waals surface area contributed by atoms with E-state index in [0.717, 1.165) is 6.42 Å². The maximum atomic E-state index is 12.6. The van der Waals surface area contributed by atoms with Crippen LogP contribution in [0, 0.1) is 0 Å². The van der Waals surface area contributed by atoms with E-state index in [0.29, 0.717) is 29.9 Å². The highest BCUT2D eigenvalue weighted by Crippen LogP contribution is 2.31. The van der Waals surface area contributed by atoms with Crippen molar-refractivity contribution in [2.24, 2.45) is 0 Å². The van der Waals surface area contributed by atoms with E-state index < -0.39 is 17.9 Å². The van der Waals surface area contributed by atoms with Crippen molar-refractivity contribution in [1.82, 2.24) is 10.1 Å². The zero-order chi connectivity index (χ0) is 15.7. The van der Waals surface area contributed by atoms with Crippen molar-refractivity contribution in [2.75, 3.05) is 6.54 Å². The third-order valence-corrected chi connectivity index (χ3v) is 3.74. The van der Waals surface area contributed by atoms with Gasteiger partial charge in [0.25, 0.3) is 5.91 Å². The molecule has 1 aliphatic rings. The average Bonchev–Trinajstić information content (AvgIpc) is 3.14. The number of furan rings is 1. The highest BCUT2D eigenvalue weighted by molar-refractivity contribution is 5.95. The molecule has 1 atom stereocenters. The summed E-state index contributed by atoms with van der Waals surface area (Å²) in [5, 5.41) is 13.2. The highest BCUT2D eigenvalue weighted by Gasteiger charge is 2.38. The SMILES string of the molecule is CCCc1cc(C(=O)N2CCc3occc3C2C(=O)O)no1. The third-order valence-electron chi connectivity index (χ3n) is 3.74. The van der Waals surface area contributed by atoms with Gasteiger partial charge in [0.1, 0.15) is 11.5 Å². The number of nitrogens with zero attached hydrogens (tertiary/aromatic N) is 2. The molecule has 0 spiro atoms. The summed E-state index contributed by atoms with van der Waals surface area (Å²) in [4.78, 5) is 25.5. The summed E-state index contributed by atoms with van der Waals surface area (Å²) in [6.07, 6.45) is 3.50. The number of carbonyl (C=O) groups is 2. The Morgan fingerprint density at radius 3 is 3.05 bits per heavy atom. The van der Waals surface area contributed by atoms with Gasteiger partial charge >= 0.3 is 5.97 Å². The molecule has 1 amide bonds. The van der Waals surface area contributed by atoms with Crippen molar-refractivity contribution in [3.8, 4) is 0 Å². The van der Waals surface area contributed by atoms with Crippen molar-refractivity contribution < 1.29 is 23.6 Å². The molecular formula is C15H16N2O5. The van der Waals surface area contributed by atoms with E-state index in [4.69, 9.17) is 8.94 Å². The number of aromatic nitrogens is 1. The van der Waals surface area contributed by atoms with Gasteiger partial charge in [0.05, 0.1) is 6.26 Å². The minimum absolute atomic E-state index is 0.140. The second-order valence-electron chi connectivity index (χ2n) is 5.22. The zero-order valence-corrected chi connectivity index (χ0v) is 12.1. The van der Waals surface area contributed by atoms with E-state index in [2.05, 4.69) is 5.16 Å². The highest BCUT2D eigenvalue weighted by atomic mass is 16.5. The van der Waals surface area contributed by atoms with Gasteiger partial charge in [-0.05, 0) is 12.5 Å². The molecule has 7 nitrogen and oxygen atoms in total. The number of carbonyl (C=O) groups excluding carboxylic acids is 1. The van der Waals surface area contributed by atoms with Crippen molar-refractivity contribution in [1.29, 1.82) is 0 Å². The lowest BCUT2D eigenvalue weighted by atomic mass is 9.99. The Labute approximate surface area is 126 Å². The first kappa shape index (κ1) is 14.4. The summed E-state index contributed by atoms with van der Waals surface area (Å²) < 4.78 is 10.4. The van der Waals surface area contributed by atoms with Crippen LogP contribution < -0.4 is 0 Å². The maximum Gasteiger partial charge on any atom is 0.331 e. The number of carboxylic acid groups (broad SMARTS) is 1. The monoisotopic (exact) mass is 304 g/mol. The number of hydrogen-bond acceptors (Lipinski definition) is 5. The molecule has 3 heterocycles. The van der Waals surface area contributed by atoms with Crippen LogP contribution in [0.15, 0.2) is 27.3 Å². The summed E-state index contributed by atoms with van der Waals surface area (Å²) in [7, 11) is 0. The quantitative estimate of drug-likeness (QED) is 0.928. The van der Waals surface area contributed by atoms with Crippen molar-refractivity contribution in [3.63, 3.8) is 0 Å². The fourth-order valence-corrected chi connectivity index (χ4v) is 2.73. The zero-order valence-electron chi connectivity index (χ0n) is 12.1. The molecule has 0 aliphatic carbocycles. The molecule has 1 unspecified atom stereocenters. The minimum atomic E-state index is -1.09. The maximum absolute atomic E-state index is 12.6. The van der Waals surface area contributed by atoms with Crippen molar-refractivity contribution in [3.05, 3.63) is 41.2 Å².